The van der Waals surface area contributed by atoms with E-state index >= 15 is 0 Å². The van der Waals surface area contributed by atoms with Crippen LogP contribution in [0.3, 0.4) is 0 Å². The van der Waals surface area contributed by atoms with Gasteiger partial charge in [-0.2, -0.15) is 0 Å². The Balaban J connectivity index is 1.55. The lowest BCUT2D eigenvalue weighted by molar-refractivity contribution is -0.0892. The Kier molecular flexibility index (Phi) is 3.64. The van der Waals surface area contributed by atoms with E-state index in [4.69, 9.17) is 0 Å². The highest BCUT2D eigenvalue weighted by Gasteiger charge is 2.55. The van der Waals surface area contributed by atoms with E-state index < -0.39 is 0 Å². The summed E-state index contributed by atoms with van der Waals surface area (Å²) in [5.41, 5.74) is 0.689. The Bertz CT molecular complexity index is 352. The van der Waals surface area contributed by atoms with Crippen molar-refractivity contribution in [2.45, 2.75) is 77.7 Å². The topological polar surface area (TPSA) is 12.0 Å². The summed E-state index contributed by atoms with van der Waals surface area (Å²) in [5.74, 6) is 6.12. The smallest absolute Gasteiger partial charge is 0.0149 e. The second-order valence-electron chi connectivity index (χ2n) is 9.57. The van der Waals surface area contributed by atoms with Gasteiger partial charge >= 0.3 is 0 Å². The highest BCUT2D eigenvalue weighted by molar-refractivity contribution is 5.07. The summed E-state index contributed by atoms with van der Waals surface area (Å²) in [6.45, 7) is 4.98. The maximum absolute atomic E-state index is 3.86. The first-order valence-corrected chi connectivity index (χ1v) is 9.77. The molecule has 0 radical (unpaired) electrons. The van der Waals surface area contributed by atoms with E-state index in [0.29, 0.717) is 5.41 Å². The maximum Gasteiger partial charge on any atom is 0.0149 e. The van der Waals surface area contributed by atoms with Crippen molar-refractivity contribution in [2.75, 3.05) is 7.05 Å². The zero-order valence-electron chi connectivity index (χ0n) is 14.4. The molecule has 0 aromatic carbocycles. The third kappa shape index (κ3) is 2.38. The van der Waals surface area contributed by atoms with Gasteiger partial charge in [-0.15, -0.1) is 0 Å². The number of hydrogen-bond donors (Lipinski definition) is 1. The highest BCUT2D eigenvalue weighted by Crippen LogP contribution is 2.62. The standard InChI is InChI=1S/C20H35N/c1-13-4-5-18(6-14(13)2)19(21-3)20-10-15-7-16(11-20)9-17(8-15)12-20/h13-19,21H,4-12H2,1-3H3. The number of nitrogens with one attached hydrogen (secondary N) is 1. The van der Waals surface area contributed by atoms with Crippen LogP contribution in [-0.2, 0) is 0 Å². The van der Waals surface area contributed by atoms with Crippen molar-refractivity contribution in [2.24, 2.45) is 40.9 Å². The zero-order chi connectivity index (χ0) is 14.6. The first-order chi connectivity index (χ1) is 10.1. The molecule has 120 valence electrons. The molecule has 0 amide bonds. The van der Waals surface area contributed by atoms with E-state index in [1.54, 1.807) is 38.5 Å². The molecule has 5 aliphatic carbocycles. The fraction of sp³-hybridized carbons (Fsp3) is 1.00. The maximum atomic E-state index is 3.86. The molecular formula is C20H35N. The zero-order valence-corrected chi connectivity index (χ0v) is 14.4. The van der Waals surface area contributed by atoms with Crippen molar-refractivity contribution in [3.63, 3.8) is 0 Å². The minimum Gasteiger partial charge on any atom is -0.316 e. The van der Waals surface area contributed by atoms with Gasteiger partial charge in [0.25, 0.3) is 0 Å². The van der Waals surface area contributed by atoms with Gasteiger partial charge < -0.3 is 5.32 Å². The quantitative estimate of drug-likeness (QED) is 0.782. The van der Waals surface area contributed by atoms with Crippen LogP contribution in [0.2, 0.25) is 0 Å². The van der Waals surface area contributed by atoms with Gasteiger partial charge in [0.1, 0.15) is 0 Å². The summed E-state index contributed by atoms with van der Waals surface area (Å²) in [5, 5.41) is 3.86. The second-order valence-corrected chi connectivity index (χ2v) is 9.57. The normalized spacial score (nSPS) is 53.9. The van der Waals surface area contributed by atoms with Crippen molar-refractivity contribution in [1.82, 2.24) is 5.32 Å². The Morgan fingerprint density at radius 1 is 0.810 bits per heavy atom. The molecule has 5 aliphatic rings. The van der Waals surface area contributed by atoms with E-state index in [-0.39, 0.29) is 0 Å². The van der Waals surface area contributed by atoms with Crippen LogP contribution in [0.15, 0.2) is 0 Å². The molecule has 4 atom stereocenters. The van der Waals surface area contributed by atoms with Gasteiger partial charge in [0.05, 0.1) is 0 Å². The molecular weight excluding hydrogens is 254 g/mol. The summed E-state index contributed by atoms with van der Waals surface area (Å²) >= 11 is 0. The van der Waals surface area contributed by atoms with Crippen LogP contribution in [0.1, 0.15) is 71.6 Å². The molecule has 5 rings (SSSR count). The number of rotatable bonds is 3. The third-order valence-corrected chi connectivity index (χ3v) is 8.17. The summed E-state index contributed by atoms with van der Waals surface area (Å²) < 4.78 is 0. The molecule has 0 spiro atoms. The fourth-order valence-electron chi connectivity index (χ4n) is 7.49. The molecule has 0 aliphatic heterocycles. The highest BCUT2D eigenvalue weighted by atomic mass is 14.9. The van der Waals surface area contributed by atoms with E-state index in [9.17, 15) is 0 Å². The molecule has 1 heteroatoms. The van der Waals surface area contributed by atoms with Crippen molar-refractivity contribution in [1.29, 1.82) is 0 Å². The monoisotopic (exact) mass is 289 g/mol. The third-order valence-electron chi connectivity index (χ3n) is 8.17. The minimum atomic E-state index is 0.689. The van der Waals surface area contributed by atoms with Gasteiger partial charge in [0, 0.05) is 6.04 Å². The minimum absolute atomic E-state index is 0.689. The van der Waals surface area contributed by atoms with Gasteiger partial charge in [-0.1, -0.05) is 20.3 Å². The van der Waals surface area contributed by atoms with Gasteiger partial charge in [-0.25, -0.2) is 0 Å². The van der Waals surface area contributed by atoms with Crippen LogP contribution in [0.5, 0.6) is 0 Å². The molecule has 5 fully saturated rings. The lowest BCUT2D eigenvalue weighted by Gasteiger charge is -2.61. The predicted molar refractivity (Wildman–Crippen MR) is 89.1 cm³/mol. The molecule has 21 heavy (non-hydrogen) atoms. The molecule has 0 heterocycles. The average Bonchev–Trinajstić information content (AvgIpc) is 2.41. The first-order valence-electron chi connectivity index (χ1n) is 9.77. The summed E-state index contributed by atoms with van der Waals surface area (Å²) in [6.07, 6.45) is 13.8. The SMILES string of the molecule is CNC(C1CCC(C)C(C)C1)C12CC3CC(CC(C3)C1)C2. The Morgan fingerprint density at radius 2 is 1.38 bits per heavy atom. The van der Waals surface area contributed by atoms with Crippen LogP contribution in [0.4, 0.5) is 0 Å². The summed E-state index contributed by atoms with van der Waals surface area (Å²) in [7, 11) is 2.27. The van der Waals surface area contributed by atoms with Gasteiger partial charge in [0.2, 0.25) is 0 Å². The Hall–Kier alpha value is -0.0400. The van der Waals surface area contributed by atoms with Crippen LogP contribution in [0.25, 0.3) is 0 Å². The van der Waals surface area contributed by atoms with Crippen LogP contribution in [-0.4, -0.2) is 13.1 Å². The summed E-state index contributed by atoms with van der Waals surface area (Å²) in [4.78, 5) is 0. The lowest BCUT2D eigenvalue weighted by atomic mass is 9.46. The second kappa shape index (κ2) is 5.25. The molecule has 4 unspecified atom stereocenters. The van der Waals surface area contributed by atoms with Gasteiger partial charge in [-0.3, -0.25) is 0 Å². The largest absolute Gasteiger partial charge is 0.316 e. The predicted octanol–water partition coefficient (Wildman–Crippen LogP) is 4.86. The number of hydrogen-bond acceptors (Lipinski definition) is 1. The van der Waals surface area contributed by atoms with E-state index in [0.717, 1.165) is 41.5 Å². The summed E-state index contributed by atoms with van der Waals surface area (Å²) in [6, 6.07) is 0.820. The first kappa shape index (κ1) is 14.5. The lowest BCUT2D eigenvalue weighted by Crippen LogP contribution is -2.58. The van der Waals surface area contributed by atoms with Crippen molar-refractivity contribution < 1.29 is 0 Å². The molecule has 4 bridgehead atoms. The molecule has 1 N–H and O–H groups in total. The van der Waals surface area contributed by atoms with Crippen molar-refractivity contribution >= 4 is 0 Å². The van der Waals surface area contributed by atoms with Gasteiger partial charge in [-0.05, 0) is 99.3 Å². The molecule has 0 aromatic rings. The van der Waals surface area contributed by atoms with Crippen LogP contribution >= 0.6 is 0 Å². The van der Waals surface area contributed by atoms with Gasteiger partial charge in [0.15, 0.2) is 0 Å². The average molecular weight is 290 g/mol. The Labute approximate surface area is 131 Å². The van der Waals surface area contributed by atoms with E-state index in [1.165, 1.54) is 19.3 Å². The van der Waals surface area contributed by atoms with Crippen LogP contribution in [0, 0.1) is 40.9 Å². The van der Waals surface area contributed by atoms with Crippen LogP contribution < -0.4 is 5.32 Å². The fourth-order valence-corrected chi connectivity index (χ4v) is 7.49. The molecule has 0 aromatic heterocycles. The van der Waals surface area contributed by atoms with Crippen molar-refractivity contribution in [3.05, 3.63) is 0 Å². The van der Waals surface area contributed by atoms with E-state index in [1.807, 2.05) is 0 Å². The Morgan fingerprint density at radius 3 is 1.86 bits per heavy atom. The molecule has 0 saturated heterocycles. The van der Waals surface area contributed by atoms with Crippen molar-refractivity contribution in [3.8, 4) is 0 Å². The van der Waals surface area contributed by atoms with E-state index in [2.05, 4.69) is 26.2 Å². The molecule has 1 nitrogen and oxygen atoms in total. The molecule has 5 saturated carbocycles.